The number of thiophene rings is 1. The van der Waals surface area contributed by atoms with Crippen LogP contribution in [0.15, 0.2) is 33.9 Å². The first kappa shape index (κ1) is 17.9. The molecule has 0 unspecified atom stereocenters. The average molecular weight is 379 g/mol. The Balaban J connectivity index is 1.82. The van der Waals surface area contributed by atoms with Crippen LogP contribution >= 0.6 is 11.3 Å². The molecule has 7 heteroatoms. The molecule has 1 amide bonds. The summed E-state index contributed by atoms with van der Waals surface area (Å²) in [7, 11) is -3.70. The zero-order chi connectivity index (χ0) is 18.0. The largest absolute Gasteiger partial charge is 0.339 e. The molecule has 1 aromatic heterocycles. The molecule has 2 heterocycles. The minimum Gasteiger partial charge on any atom is -0.339 e. The number of carbonyl (C=O) groups excluding carboxylic acids is 1. The Morgan fingerprint density at radius 3 is 2.40 bits per heavy atom. The summed E-state index contributed by atoms with van der Waals surface area (Å²) in [6, 6.07) is 7.11. The fraction of sp³-hybridized carbons (Fsp3) is 0.389. The predicted molar refractivity (Wildman–Crippen MR) is 101 cm³/mol. The number of sulfonamides is 1. The molecule has 1 N–H and O–H groups in total. The molecule has 0 atom stereocenters. The number of nitrogens with zero attached hydrogens (tertiary/aromatic N) is 1. The fourth-order valence-electron chi connectivity index (χ4n) is 3.01. The van der Waals surface area contributed by atoms with Gasteiger partial charge in [0.1, 0.15) is 4.21 Å². The van der Waals surface area contributed by atoms with E-state index in [1.165, 1.54) is 6.07 Å². The van der Waals surface area contributed by atoms with Crippen molar-refractivity contribution >= 4 is 33.0 Å². The van der Waals surface area contributed by atoms with Gasteiger partial charge in [0.05, 0.1) is 11.3 Å². The van der Waals surface area contributed by atoms with Crippen LogP contribution in [0.1, 0.15) is 40.7 Å². The van der Waals surface area contributed by atoms with Crippen LogP contribution in [0.5, 0.6) is 0 Å². The Hall–Kier alpha value is -1.86. The third-order valence-corrected chi connectivity index (χ3v) is 7.24. The maximum absolute atomic E-state index is 12.7. The lowest BCUT2D eigenvalue weighted by Crippen LogP contribution is -2.35. The predicted octanol–water partition coefficient (Wildman–Crippen LogP) is 3.79. The highest BCUT2D eigenvalue weighted by atomic mass is 32.2. The standard InChI is InChI=1S/C18H22N2O3S2/c1-13-7-6-8-14(2)17(13)19-25(22,23)16-11-15(12-24-16)18(21)20-9-4-3-5-10-20/h6-8,11-12,19H,3-5,9-10H2,1-2H3. The third kappa shape index (κ3) is 3.88. The molecule has 0 saturated carbocycles. The zero-order valence-electron chi connectivity index (χ0n) is 14.4. The highest BCUT2D eigenvalue weighted by molar-refractivity contribution is 7.94. The first-order valence-corrected chi connectivity index (χ1v) is 10.7. The molecule has 5 nitrogen and oxygen atoms in total. The molecule has 1 aromatic carbocycles. The molecule has 134 valence electrons. The quantitative estimate of drug-likeness (QED) is 0.880. The van der Waals surface area contributed by atoms with Gasteiger partial charge in [-0.3, -0.25) is 9.52 Å². The molecule has 0 spiro atoms. The minimum absolute atomic E-state index is 0.0792. The van der Waals surface area contributed by atoms with Crippen molar-refractivity contribution in [3.8, 4) is 0 Å². The van der Waals surface area contributed by atoms with E-state index >= 15 is 0 Å². The van der Waals surface area contributed by atoms with E-state index in [9.17, 15) is 13.2 Å². The molecule has 0 aliphatic carbocycles. The molecule has 2 aromatic rings. The van der Waals surface area contributed by atoms with Crippen LogP contribution in [0.25, 0.3) is 0 Å². The number of nitrogens with one attached hydrogen (secondary N) is 1. The highest BCUT2D eigenvalue weighted by Crippen LogP contribution is 2.27. The van der Waals surface area contributed by atoms with Gasteiger partial charge >= 0.3 is 0 Å². The smallest absolute Gasteiger partial charge is 0.271 e. The van der Waals surface area contributed by atoms with E-state index in [0.29, 0.717) is 11.3 Å². The molecule has 1 aliphatic heterocycles. The Kier molecular flexibility index (Phi) is 5.15. The third-order valence-electron chi connectivity index (χ3n) is 4.45. The first-order chi connectivity index (χ1) is 11.9. The maximum Gasteiger partial charge on any atom is 0.271 e. The maximum atomic E-state index is 12.7. The monoisotopic (exact) mass is 378 g/mol. The van der Waals surface area contributed by atoms with Crippen LogP contribution in [0.4, 0.5) is 5.69 Å². The highest BCUT2D eigenvalue weighted by Gasteiger charge is 2.23. The number of likely N-dealkylation sites (tertiary alicyclic amines) is 1. The molecule has 25 heavy (non-hydrogen) atoms. The van der Waals surface area contributed by atoms with Gasteiger partial charge in [-0.1, -0.05) is 18.2 Å². The van der Waals surface area contributed by atoms with E-state index in [4.69, 9.17) is 0 Å². The summed E-state index contributed by atoms with van der Waals surface area (Å²) in [6.07, 6.45) is 3.16. The number of piperidine rings is 1. The minimum atomic E-state index is -3.70. The van der Waals surface area contributed by atoms with Gasteiger partial charge in [-0.15, -0.1) is 11.3 Å². The fourth-order valence-corrected chi connectivity index (χ4v) is 5.37. The van der Waals surface area contributed by atoms with Crippen LogP contribution < -0.4 is 4.72 Å². The normalized spacial score (nSPS) is 15.2. The summed E-state index contributed by atoms with van der Waals surface area (Å²) in [5.74, 6) is -0.0792. The van der Waals surface area contributed by atoms with Gasteiger partial charge in [0, 0.05) is 18.5 Å². The second-order valence-electron chi connectivity index (χ2n) is 6.38. The van der Waals surface area contributed by atoms with E-state index in [-0.39, 0.29) is 10.1 Å². The summed E-state index contributed by atoms with van der Waals surface area (Å²) in [4.78, 5) is 14.3. The van der Waals surface area contributed by atoms with Crippen LogP contribution in [0.2, 0.25) is 0 Å². The van der Waals surface area contributed by atoms with Gasteiger partial charge in [-0.05, 0) is 50.3 Å². The van der Waals surface area contributed by atoms with Crippen molar-refractivity contribution in [1.82, 2.24) is 4.90 Å². The van der Waals surface area contributed by atoms with Crippen molar-refractivity contribution in [1.29, 1.82) is 0 Å². The van der Waals surface area contributed by atoms with E-state index in [1.807, 2.05) is 32.0 Å². The molecule has 1 fully saturated rings. The van der Waals surface area contributed by atoms with Gasteiger partial charge in [0.15, 0.2) is 0 Å². The molecule has 1 saturated heterocycles. The topological polar surface area (TPSA) is 66.5 Å². The number of carbonyl (C=O) groups is 1. The van der Waals surface area contributed by atoms with Gasteiger partial charge in [-0.25, -0.2) is 8.42 Å². The van der Waals surface area contributed by atoms with E-state index in [0.717, 1.165) is 54.8 Å². The molecule has 3 rings (SSSR count). The summed E-state index contributed by atoms with van der Waals surface area (Å²) in [5, 5.41) is 1.64. The van der Waals surface area contributed by atoms with Crippen molar-refractivity contribution in [3.05, 3.63) is 46.3 Å². The number of aryl methyl sites for hydroxylation is 2. The summed E-state index contributed by atoms with van der Waals surface area (Å²) >= 11 is 1.08. The van der Waals surface area contributed by atoms with Gasteiger partial charge < -0.3 is 4.90 Å². The summed E-state index contributed by atoms with van der Waals surface area (Å²) < 4.78 is 28.2. The Bertz CT molecular complexity index is 861. The van der Waals surface area contributed by atoms with E-state index < -0.39 is 10.0 Å². The van der Waals surface area contributed by atoms with Crippen molar-refractivity contribution in [2.75, 3.05) is 17.8 Å². The second-order valence-corrected chi connectivity index (χ2v) is 9.20. The SMILES string of the molecule is Cc1cccc(C)c1NS(=O)(=O)c1cc(C(=O)N2CCCCC2)cs1. The van der Waals surface area contributed by atoms with Crippen LogP contribution in [0, 0.1) is 13.8 Å². The Morgan fingerprint density at radius 2 is 1.76 bits per heavy atom. The summed E-state index contributed by atoms with van der Waals surface area (Å²) in [5.41, 5.74) is 2.78. The van der Waals surface area contributed by atoms with Gasteiger partial charge in [0.25, 0.3) is 15.9 Å². The number of amides is 1. The van der Waals surface area contributed by atoms with E-state index in [2.05, 4.69) is 4.72 Å². The first-order valence-electron chi connectivity index (χ1n) is 8.35. The number of rotatable bonds is 4. The Labute approximate surface area is 152 Å². The Morgan fingerprint density at radius 1 is 1.12 bits per heavy atom. The molecule has 1 aliphatic rings. The van der Waals surface area contributed by atoms with Crippen molar-refractivity contribution in [2.24, 2.45) is 0 Å². The number of hydrogen-bond acceptors (Lipinski definition) is 4. The second kappa shape index (κ2) is 7.17. The molecule has 0 bridgehead atoms. The average Bonchev–Trinajstić information content (AvgIpc) is 3.09. The zero-order valence-corrected chi connectivity index (χ0v) is 16.0. The summed E-state index contributed by atoms with van der Waals surface area (Å²) in [6.45, 7) is 5.23. The van der Waals surface area contributed by atoms with Crippen LogP contribution in [0.3, 0.4) is 0 Å². The van der Waals surface area contributed by atoms with Gasteiger partial charge in [-0.2, -0.15) is 0 Å². The van der Waals surface area contributed by atoms with E-state index in [1.54, 1.807) is 10.3 Å². The number of benzene rings is 1. The van der Waals surface area contributed by atoms with Crippen molar-refractivity contribution in [3.63, 3.8) is 0 Å². The van der Waals surface area contributed by atoms with Gasteiger partial charge in [0.2, 0.25) is 0 Å². The van der Waals surface area contributed by atoms with Crippen LogP contribution in [-0.2, 0) is 10.0 Å². The number of anilines is 1. The van der Waals surface area contributed by atoms with Crippen molar-refractivity contribution < 1.29 is 13.2 Å². The van der Waals surface area contributed by atoms with Crippen molar-refractivity contribution in [2.45, 2.75) is 37.3 Å². The lowest BCUT2D eigenvalue weighted by Gasteiger charge is -2.26. The number of para-hydroxylation sites is 1. The number of hydrogen-bond donors (Lipinski definition) is 1. The van der Waals surface area contributed by atoms with Crippen LogP contribution in [-0.4, -0.2) is 32.3 Å². The molecular formula is C18H22N2O3S2. The lowest BCUT2D eigenvalue weighted by molar-refractivity contribution is 0.0725. The molecular weight excluding hydrogens is 356 g/mol. The lowest BCUT2D eigenvalue weighted by atomic mass is 10.1. The molecule has 0 radical (unpaired) electrons.